The summed E-state index contributed by atoms with van der Waals surface area (Å²) in [5.41, 5.74) is 5.25. The van der Waals surface area contributed by atoms with Crippen molar-refractivity contribution >= 4 is 28.7 Å². The lowest BCUT2D eigenvalue weighted by Gasteiger charge is -2.04. The molecule has 1 heterocycles. The Kier molecular flexibility index (Phi) is 3.47. The molecule has 7 nitrogen and oxygen atoms in total. The highest BCUT2D eigenvalue weighted by atomic mass is 19.1. The van der Waals surface area contributed by atoms with Gasteiger partial charge in [0.2, 0.25) is 0 Å². The standard InChI is InChI=1S/C12H13FN4O3/c1-15-11(18)8-7-5(13)3-4-6(20-2)9(7)16-10(8)17-12(14)19/h3-4,16H,1-2H3,(H,15,18)(H3,14,17,19). The van der Waals surface area contributed by atoms with E-state index in [4.69, 9.17) is 10.5 Å². The molecule has 0 atom stereocenters. The Morgan fingerprint density at radius 3 is 2.65 bits per heavy atom. The lowest BCUT2D eigenvalue weighted by atomic mass is 10.1. The van der Waals surface area contributed by atoms with Gasteiger partial charge in [-0.3, -0.25) is 10.1 Å². The number of hydrogen-bond acceptors (Lipinski definition) is 3. The van der Waals surface area contributed by atoms with Gasteiger partial charge >= 0.3 is 6.03 Å². The number of amides is 3. The minimum absolute atomic E-state index is 0.00949. The number of hydrogen-bond donors (Lipinski definition) is 4. The van der Waals surface area contributed by atoms with Crippen LogP contribution in [0.1, 0.15) is 10.4 Å². The maximum absolute atomic E-state index is 14.0. The van der Waals surface area contributed by atoms with Crippen molar-refractivity contribution in [3.05, 3.63) is 23.5 Å². The third-order valence-electron chi connectivity index (χ3n) is 2.79. The number of nitrogens with two attached hydrogens (primary N) is 1. The molecule has 0 saturated heterocycles. The van der Waals surface area contributed by atoms with Gasteiger partial charge in [0.1, 0.15) is 17.4 Å². The molecule has 0 aliphatic heterocycles. The summed E-state index contributed by atoms with van der Waals surface area (Å²) in [4.78, 5) is 25.6. The van der Waals surface area contributed by atoms with E-state index in [1.54, 1.807) is 0 Å². The minimum atomic E-state index is -0.874. The van der Waals surface area contributed by atoms with E-state index in [0.29, 0.717) is 5.75 Å². The fraction of sp³-hybridized carbons (Fsp3) is 0.167. The van der Waals surface area contributed by atoms with E-state index in [9.17, 15) is 14.0 Å². The van der Waals surface area contributed by atoms with Crippen LogP contribution in [0.4, 0.5) is 15.0 Å². The number of methoxy groups -OCH3 is 1. The average molecular weight is 280 g/mol. The van der Waals surface area contributed by atoms with Gasteiger partial charge in [0.25, 0.3) is 5.91 Å². The second-order valence-electron chi connectivity index (χ2n) is 3.94. The van der Waals surface area contributed by atoms with Crippen molar-refractivity contribution in [3.8, 4) is 5.75 Å². The van der Waals surface area contributed by atoms with Crippen molar-refractivity contribution in [1.82, 2.24) is 10.3 Å². The van der Waals surface area contributed by atoms with Crippen molar-refractivity contribution < 1.29 is 18.7 Å². The first-order chi connectivity index (χ1) is 9.49. The van der Waals surface area contributed by atoms with Crippen LogP contribution in [0.25, 0.3) is 10.9 Å². The second-order valence-corrected chi connectivity index (χ2v) is 3.94. The molecule has 0 unspecified atom stereocenters. The summed E-state index contributed by atoms with van der Waals surface area (Å²) in [7, 11) is 2.81. The molecule has 0 aliphatic carbocycles. The molecule has 2 rings (SSSR count). The van der Waals surface area contributed by atoms with Crippen LogP contribution in [-0.4, -0.2) is 31.1 Å². The molecule has 0 radical (unpaired) electrons. The van der Waals surface area contributed by atoms with E-state index in [2.05, 4.69) is 15.6 Å². The van der Waals surface area contributed by atoms with Crippen LogP contribution in [0.2, 0.25) is 0 Å². The van der Waals surface area contributed by atoms with Gasteiger partial charge in [-0.2, -0.15) is 0 Å². The molecule has 1 aromatic heterocycles. The van der Waals surface area contributed by atoms with Gasteiger partial charge in [0.15, 0.2) is 0 Å². The van der Waals surface area contributed by atoms with Crippen LogP contribution < -0.4 is 21.1 Å². The smallest absolute Gasteiger partial charge is 0.317 e. The first-order valence-electron chi connectivity index (χ1n) is 5.66. The van der Waals surface area contributed by atoms with Crippen molar-refractivity contribution in [2.75, 3.05) is 19.5 Å². The molecule has 20 heavy (non-hydrogen) atoms. The summed E-state index contributed by atoms with van der Waals surface area (Å²) in [6.45, 7) is 0. The summed E-state index contributed by atoms with van der Waals surface area (Å²) in [6, 6.07) is 1.71. The summed E-state index contributed by atoms with van der Waals surface area (Å²) in [5.74, 6) is -0.834. The molecule has 1 aromatic carbocycles. The highest BCUT2D eigenvalue weighted by molar-refractivity contribution is 6.14. The number of urea groups is 1. The van der Waals surface area contributed by atoms with Gasteiger partial charge < -0.3 is 20.8 Å². The first kappa shape index (κ1) is 13.7. The predicted molar refractivity (Wildman–Crippen MR) is 71.4 cm³/mol. The molecule has 8 heteroatoms. The van der Waals surface area contributed by atoms with Crippen LogP contribution in [-0.2, 0) is 0 Å². The SMILES string of the molecule is CNC(=O)c1c(NC(N)=O)[nH]c2c(OC)ccc(F)c12. The van der Waals surface area contributed by atoms with Crippen LogP contribution in [0, 0.1) is 5.82 Å². The maximum Gasteiger partial charge on any atom is 0.317 e. The van der Waals surface area contributed by atoms with Crippen molar-refractivity contribution in [2.45, 2.75) is 0 Å². The lowest BCUT2D eigenvalue weighted by molar-refractivity contribution is 0.0965. The number of primary amides is 1. The van der Waals surface area contributed by atoms with Crippen LogP contribution in [0.15, 0.2) is 12.1 Å². The number of nitrogens with one attached hydrogen (secondary N) is 3. The Hall–Kier alpha value is -2.77. The number of H-pyrrole nitrogens is 1. The number of aromatic nitrogens is 1. The average Bonchev–Trinajstić information content (AvgIpc) is 2.77. The fourth-order valence-electron chi connectivity index (χ4n) is 1.98. The minimum Gasteiger partial charge on any atom is -0.495 e. The van der Waals surface area contributed by atoms with E-state index < -0.39 is 17.8 Å². The number of benzene rings is 1. The number of ether oxygens (including phenoxy) is 1. The van der Waals surface area contributed by atoms with Gasteiger partial charge in [-0.1, -0.05) is 0 Å². The second kappa shape index (κ2) is 5.08. The third kappa shape index (κ3) is 2.11. The molecule has 0 bridgehead atoms. The molecule has 0 saturated carbocycles. The number of rotatable bonds is 3. The largest absolute Gasteiger partial charge is 0.495 e. The molecule has 106 valence electrons. The molecule has 2 aromatic rings. The molecule has 3 amide bonds. The van der Waals surface area contributed by atoms with E-state index in [-0.39, 0.29) is 22.3 Å². The lowest BCUT2D eigenvalue weighted by Crippen LogP contribution is -2.24. The van der Waals surface area contributed by atoms with E-state index in [0.717, 1.165) is 0 Å². The van der Waals surface area contributed by atoms with Gasteiger partial charge in [-0.25, -0.2) is 9.18 Å². The number of anilines is 1. The number of halogens is 1. The summed E-state index contributed by atoms with van der Waals surface area (Å²) in [6.07, 6.45) is 0. The quantitative estimate of drug-likeness (QED) is 0.677. The van der Waals surface area contributed by atoms with Crippen LogP contribution >= 0.6 is 0 Å². The van der Waals surface area contributed by atoms with Gasteiger partial charge in [0, 0.05) is 7.05 Å². The number of carbonyl (C=O) groups is 2. The Morgan fingerprint density at radius 1 is 1.40 bits per heavy atom. The van der Waals surface area contributed by atoms with Gasteiger partial charge in [0.05, 0.1) is 23.6 Å². The normalized spacial score (nSPS) is 10.3. The highest BCUT2D eigenvalue weighted by Gasteiger charge is 2.23. The zero-order valence-corrected chi connectivity index (χ0v) is 10.8. The first-order valence-corrected chi connectivity index (χ1v) is 5.66. The molecule has 0 spiro atoms. The van der Waals surface area contributed by atoms with Crippen LogP contribution in [0.3, 0.4) is 0 Å². The van der Waals surface area contributed by atoms with E-state index >= 15 is 0 Å². The fourth-order valence-corrected chi connectivity index (χ4v) is 1.98. The third-order valence-corrected chi connectivity index (χ3v) is 2.79. The Balaban J connectivity index is 2.81. The summed E-state index contributed by atoms with van der Waals surface area (Å²) >= 11 is 0. The number of aromatic amines is 1. The van der Waals surface area contributed by atoms with Gasteiger partial charge in [-0.15, -0.1) is 0 Å². The summed E-state index contributed by atoms with van der Waals surface area (Å²) < 4.78 is 19.1. The van der Waals surface area contributed by atoms with Crippen molar-refractivity contribution in [1.29, 1.82) is 0 Å². The Bertz CT molecular complexity index is 696. The molecular weight excluding hydrogens is 267 g/mol. The van der Waals surface area contributed by atoms with Gasteiger partial charge in [-0.05, 0) is 12.1 Å². The van der Waals surface area contributed by atoms with Crippen molar-refractivity contribution in [2.24, 2.45) is 5.73 Å². The van der Waals surface area contributed by atoms with E-state index in [1.807, 2.05) is 0 Å². The zero-order chi connectivity index (χ0) is 14.9. The maximum atomic E-state index is 14.0. The van der Waals surface area contributed by atoms with Crippen molar-refractivity contribution in [3.63, 3.8) is 0 Å². The number of carbonyl (C=O) groups excluding carboxylic acids is 2. The topological polar surface area (TPSA) is 109 Å². The highest BCUT2D eigenvalue weighted by Crippen LogP contribution is 2.34. The molecule has 0 aliphatic rings. The van der Waals surface area contributed by atoms with E-state index in [1.165, 1.54) is 26.3 Å². The Morgan fingerprint density at radius 2 is 2.10 bits per heavy atom. The Labute approximate surface area is 113 Å². The summed E-state index contributed by atoms with van der Waals surface area (Å²) in [5, 5.41) is 4.66. The van der Waals surface area contributed by atoms with Crippen LogP contribution in [0.5, 0.6) is 5.75 Å². The number of fused-ring (bicyclic) bond motifs is 1. The monoisotopic (exact) mass is 280 g/mol. The predicted octanol–water partition coefficient (Wildman–Crippen LogP) is 1.17. The molecule has 5 N–H and O–H groups in total. The zero-order valence-electron chi connectivity index (χ0n) is 10.8. The molecular formula is C12H13FN4O3. The molecule has 0 fully saturated rings.